The SMILES string of the molecule is Cc1nc(-c2ccc(C(C)(C)C)cc2)ncc1C(=O)OC(C)(C)C. The minimum Gasteiger partial charge on any atom is -0.456 e. The molecule has 0 atom stereocenters. The van der Waals surface area contributed by atoms with Gasteiger partial charge in [0.25, 0.3) is 0 Å². The van der Waals surface area contributed by atoms with Crippen LogP contribution in [0.15, 0.2) is 30.5 Å². The molecule has 4 heteroatoms. The van der Waals surface area contributed by atoms with E-state index in [9.17, 15) is 4.79 Å². The summed E-state index contributed by atoms with van der Waals surface area (Å²) in [6.45, 7) is 13.9. The van der Waals surface area contributed by atoms with Crippen LogP contribution < -0.4 is 0 Å². The van der Waals surface area contributed by atoms with E-state index in [0.29, 0.717) is 17.1 Å². The van der Waals surface area contributed by atoms with Crippen LogP contribution in [0.3, 0.4) is 0 Å². The third-order valence-electron chi connectivity index (χ3n) is 3.61. The van der Waals surface area contributed by atoms with Crippen molar-refractivity contribution in [2.45, 2.75) is 59.5 Å². The first kappa shape index (κ1) is 18.1. The van der Waals surface area contributed by atoms with Gasteiger partial charge >= 0.3 is 5.97 Å². The number of hydrogen-bond acceptors (Lipinski definition) is 4. The Bertz CT molecular complexity index is 736. The van der Waals surface area contributed by atoms with Crippen LogP contribution in [0, 0.1) is 6.92 Å². The van der Waals surface area contributed by atoms with Gasteiger partial charge in [-0.1, -0.05) is 45.0 Å². The molecule has 0 saturated heterocycles. The van der Waals surface area contributed by atoms with Crippen molar-refractivity contribution in [1.82, 2.24) is 9.97 Å². The van der Waals surface area contributed by atoms with Crippen LogP contribution in [0.1, 0.15) is 63.2 Å². The molecule has 0 aliphatic heterocycles. The molecule has 0 radical (unpaired) electrons. The van der Waals surface area contributed by atoms with Gasteiger partial charge in [0.05, 0.1) is 11.3 Å². The third-order valence-corrected chi connectivity index (χ3v) is 3.61. The number of aryl methyl sites for hydroxylation is 1. The van der Waals surface area contributed by atoms with Gasteiger partial charge in [-0.2, -0.15) is 0 Å². The van der Waals surface area contributed by atoms with E-state index in [2.05, 4.69) is 42.9 Å². The highest BCUT2D eigenvalue weighted by atomic mass is 16.6. The molecule has 0 aliphatic carbocycles. The highest BCUT2D eigenvalue weighted by molar-refractivity contribution is 5.90. The van der Waals surface area contributed by atoms with Crippen LogP contribution in [-0.4, -0.2) is 21.5 Å². The molecule has 1 aromatic carbocycles. The molecular formula is C20H26N2O2. The zero-order valence-electron chi connectivity index (χ0n) is 15.6. The predicted molar refractivity (Wildman–Crippen MR) is 96.1 cm³/mol. The molecule has 24 heavy (non-hydrogen) atoms. The van der Waals surface area contributed by atoms with E-state index in [0.717, 1.165) is 5.56 Å². The van der Waals surface area contributed by atoms with Crippen molar-refractivity contribution in [2.75, 3.05) is 0 Å². The zero-order valence-corrected chi connectivity index (χ0v) is 15.6. The maximum absolute atomic E-state index is 12.2. The van der Waals surface area contributed by atoms with E-state index in [1.807, 2.05) is 32.9 Å². The maximum atomic E-state index is 12.2. The second kappa shape index (κ2) is 6.34. The summed E-state index contributed by atoms with van der Waals surface area (Å²) in [7, 11) is 0. The summed E-state index contributed by atoms with van der Waals surface area (Å²) in [4.78, 5) is 21.0. The van der Waals surface area contributed by atoms with Gasteiger partial charge in [0, 0.05) is 11.8 Å². The largest absolute Gasteiger partial charge is 0.456 e. The molecule has 128 valence electrons. The number of benzene rings is 1. The molecule has 0 unspecified atom stereocenters. The summed E-state index contributed by atoms with van der Waals surface area (Å²) in [6.07, 6.45) is 1.55. The number of hydrogen-bond donors (Lipinski definition) is 0. The van der Waals surface area contributed by atoms with Crippen molar-refractivity contribution >= 4 is 5.97 Å². The first-order chi connectivity index (χ1) is 11.0. The van der Waals surface area contributed by atoms with E-state index in [1.165, 1.54) is 5.56 Å². The van der Waals surface area contributed by atoms with Gasteiger partial charge in [0.1, 0.15) is 5.60 Å². The summed E-state index contributed by atoms with van der Waals surface area (Å²) in [5, 5.41) is 0. The van der Waals surface area contributed by atoms with Crippen molar-refractivity contribution in [1.29, 1.82) is 0 Å². The van der Waals surface area contributed by atoms with Crippen LogP contribution >= 0.6 is 0 Å². The summed E-state index contributed by atoms with van der Waals surface area (Å²) >= 11 is 0. The lowest BCUT2D eigenvalue weighted by Crippen LogP contribution is -2.24. The van der Waals surface area contributed by atoms with Gasteiger partial charge < -0.3 is 4.74 Å². The average molecular weight is 326 g/mol. The Morgan fingerprint density at radius 2 is 1.58 bits per heavy atom. The Morgan fingerprint density at radius 1 is 1.00 bits per heavy atom. The van der Waals surface area contributed by atoms with Crippen molar-refractivity contribution in [3.8, 4) is 11.4 Å². The van der Waals surface area contributed by atoms with Crippen LogP contribution in [0.2, 0.25) is 0 Å². The fourth-order valence-electron chi connectivity index (χ4n) is 2.26. The van der Waals surface area contributed by atoms with E-state index >= 15 is 0 Å². The number of nitrogens with zero attached hydrogens (tertiary/aromatic N) is 2. The predicted octanol–water partition coefficient (Wildman–Crippen LogP) is 4.70. The molecule has 1 aromatic heterocycles. The number of esters is 1. The molecule has 0 spiro atoms. The van der Waals surface area contributed by atoms with E-state index < -0.39 is 11.6 Å². The van der Waals surface area contributed by atoms with E-state index in [4.69, 9.17) is 4.74 Å². The van der Waals surface area contributed by atoms with Gasteiger partial charge in [-0.3, -0.25) is 0 Å². The van der Waals surface area contributed by atoms with Gasteiger partial charge in [-0.15, -0.1) is 0 Å². The van der Waals surface area contributed by atoms with Crippen LogP contribution in [0.5, 0.6) is 0 Å². The van der Waals surface area contributed by atoms with Crippen molar-refractivity contribution < 1.29 is 9.53 Å². The summed E-state index contributed by atoms with van der Waals surface area (Å²) < 4.78 is 5.38. The first-order valence-corrected chi connectivity index (χ1v) is 8.15. The zero-order chi connectivity index (χ0) is 18.1. The number of carbonyl (C=O) groups is 1. The van der Waals surface area contributed by atoms with E-state index in [-0.39, 0.29) is 5.41 Å². The van der Waals surface area contributed by atoms with Gasteiger partial charge in [0.15, 0.2) is 5.82 Å². The van der Waals surface area contributed by atoms with Gasteiger partial charge in [0.2, 0.25) is 0 Å². The van der Waals surface area contributed by atoms with Crippen molar-refractivity contribution in [3.63, 3.8) is 0 Å². The molecular weight excluding hydrogens is 300 g/mol. The Labute approximate surface area is 144 Å². The van der Waals surface area contributed by atoms with Crippen LogP contribution in [0.4, 0.5) is 0 Å². The fraction of sp³-hybridized carbons (Fsp3) is 0.450. The Morgan fingerprint density at radius 3 is 2.04 bits per heavy atom. The maximum Gasteiger partial charge on any atom is 0.342 e. The fourth-order valence-corrected chi connectivity index (χ4v) is 2.26. The molecule has 0 aliphatic rings. The summed E-state index contributed by atoms with van der Waals surface area (Å²) in [5.74, 6) is 0.217. The monoisotopic (exact) mass is 326 g/mol. The van der Waals surface area contributed by atoms with Gasteiger partial charge in [-0.25, -0.2) is 14.8 Å². The third kappa shape index (κ3) is 4.40. The quantitative estimate of drug-likeness (QED) is 0.750. The Kier molecular flexibility index (Phi) is 4.79. The molecule has 2 rings (SSSR count). The normalized spacial score (nSPS) is 12.1. The molecule has 0 N–H and O–H groups in total. The van der Waals surface area contributed by atoms with Crippen LogP contribution in [0.25, 0.3) is 11.4 Å². The second-order valence-corrected chi connectivity index (χ2v) is 8.02. The van der Waals surface area contributed by atoms with Gasteiger partial charge in [-0.05, 0) is 38.7 Å². The first-order valence-electron chi connectivity index (χ1n) is 8.15. The molecule has 0 fully saturated rings. The lowest BCUT2D eigenvalue weighted by atomic mass is 9.87. The second-order valence-electron chi connectivity index (χ2n) is 8.02. The number of carbonyl (C=O) groups excluding carboxylic acids is 1. The molecule has 0 saturated carbocycles. The van der Waals surface area contributed by atoms with E-state index in [1.54, 1.807) is 13.1 Å². The highest BCUT2D eigenvalue weighted by Gasteiger charge is 2.21. The topological polar surface area (TPSA) is 52.1 Å². The van der Waals surface area contributed by atoms with Crippen molar-refractivity contribution in [2.24, 2.45) is 0 Å². The van der Waals surface area contributed by atoms with Crippen LogP contribution in [-0.2, 0) is 10.2 Å². The summed E-state index contributed by atoms with van der Waals surface area (Å²) in [5.41, 5.74) is 2.78. The molecule has 0 amide bonds. The summed E-state index contributed by atoms with van der Waals surface area (Å²) in [6, 6.07) is 8.22. The molecule has 4 nitrogen and oxygen atoms in total. The lowest BCUT2D eigenvalue weighted by molar-refractivity contribution is 0.00678. The minimum absolute atomic E-state index is 0.107. The number of aromatic nitrogens is 2. The average Bonchev–Trinajstić information content (AvgIpc) is 2.44. The minimum atomic E-state index is -0.537. The molecule has 1 heterocycles. The standard InChI is InChI=1S/C20H26N2O2/c1-13-16(18(23)24-20(5,6)7)12-21-17(22-13)14-8-10-15(11-9-14)19(2,3)4/h8-12H,1-7H3. The molecule has 2 aromatic rings. The number of ether oxygens (including phenoxy) is 1. The number of rotatable bonds is 2. The smallest absolute Gasteiger partial charge is 0.342 e. The Balaban J connectivity index is 2.28. The van der Waals surface area contributed by atoms with Crippen molar-refractivity contribution in [3.05, 3.63) is 47.3 Å². The lowest BCUT2D eigenvalue weighted by Gasteiger charge is -2.20. The highest BCUT2D eigenvalue weighted by Crippen LogP contribution is 2.25. The Hall–Kier alpha value is -2.23. The molecule has 0 bridgehead atoms.